The predicted molar refractivity (Wildman–Crippen MR) is 66.5 cm³/mol. The highest BCUT2D eigenvalue weighted by molar-refractivity contribution is 7.99. The van der Waals surface area contributed by atoms with Crippen LogP contribution in [0.4, 0.5) is 0 Å². The zero-order valence-corrected chi connectivity index (χ0v) is 11.0. The van der Waals surface area contributed by atoms with Crippen LogP contribution in [0, 0.1) is 5.92 Å². The number of carboxylic acids is 1. The van der Waals surface area contributed by atoms with Gasteiger partial charge in [-0.25, -0.2) is 0 Å². The lowest BCUT2D eigenvalue weighted by Crippen LogP contribution is -2.52. The Morgan fingerprint density at radius 1 is 1.53 bits per heavy atom. The number of nitrogens with one attached hydrogen (secondary N) is 1. The average molecular weight is 233 g/mol. The summed E-state index contributed by atoms with van der Waals surface area (Å²) in [6.45, 7) is 8.84. The number of carboxylic acid groups (broad SMARTS) is 1. The fourth-order valence-corrected chi connectivity index (χ4v) is 2.31. The van der Waals surface area contributed by atoms with Gasteiger partial charge in [0.15, 0.2) is 0 Å². The molecule has 0 saturated carbocycles. The summed E-state index contributed by atoms with van der Waals surface area (Å²) in [5.41, 5.74) is -0.782. The molecule has 4 heteroatoms. The van der Waals surface area contributed by atoms with Gasteiger partial charge in [0.05, 0.1) is 0 Å². The van der Waals surface area contributed by atoms with E-state index in [4.69, 9.17) is 5.11 Å². The molecule has 0 aliphatic carbocycles. The molecule has 2 N–H and O–H groups in total. The minimum Gasteiger partial charge on any atom is -0.480 e. The Bertz CT molecular complexity index is 197. The van der Waals surface area contributed by atoms with Crippen molar-refractivity contribution in [1.29, 1.82) is 0 Å². The van der Waals surface area contributed by atoms with Crippen molar-refractivity contribution in [3.05, 3.63) is 0 Å². The van der Waals surface area contributed by atoms with Crippen LogP contribution in [0.2, 0.25) is 0 Å². The lowest BCUT2D eigenvalue weighted by Gasteiger charge is -2.26. The molecular weight excluding hydrogens is 210 g/mol. The van der Waals surface area contributed by atoms with Crippen LogP contribution in [-0.4, -0.2) is 34.7 Å². The Kier molecular flexibility index (Phi) is 7.02. The Labute approximate surface area is 97.0 Å². The maximum atomic E-state index is 11.1. The standard InChI is InChI=1S/C11H23NO2S/c1-5-6-12-11(4,10(13)14)8-15-7-9(2)3/h9,12H,5-8H2,1-4H3,(H,13,14). The van der Waals surface area contributed by atoms with Crippen LogP contribution < -0.4 is 5.32 Å². The van der Waals surface area contributed by atoms with E-state index >= 15 is 0 Å². The molecule has 0 heterocycles. The minimum absolute atomic E-state index is 0.610. The van der Waals surface area contributed by atoms with Gasteiger partial charge in [0.2, 0.25) is 0 Å². The van der Waals surface area contributed by atoms with E-state index in [1.54, 1.807) is 18.7 Å². The molecule has 0 rings (SSSR count). The van der Waals surface area contributed by atoms with Crippen molar-refractivity contribution in [2.45, 2.75) is 39.7 Å². The molecule has 0 bridgehead atoms. The van der Waals surface area contributed by atoms with E-state index in [-0.39, 0.29) is 0 Å². The molecule has 90 valence electrons. The molecule has 0 radical (unpaired) electrons. The highest BCUT2D eigenvalue weighted by Crippen LogP contribution is 2.16. The van der Waals surface area contributed by atoms with Crippen molar-refractivity contribution in [3.8, 4) is 0 Å². The number of hydrogen-bond acceptors (Lipinski definition) is 3. The van der Waals surface area contributed by atoms with Crippen molar-refractivity contribution in [3.63, 3.8) is 0 Å². The molecule has 0 aliphatic rings. The SMILES string of the molecule is CCCNC(C)(CSCC(C)C)C(=O)O. The van der Waals surface area contributed by atoms with Crippen LogP contribution in [0.3, 0.4) is 0 Å². The topological polar surface area (TPSA) is 49.3 Å². The predicted octanol–water partition coefficient (Wildman–Crippen LogP) is 2.22. The highest BCUT2D eigenvalue weighted by atomic mass is 32.2. The van der Waals surface area contributed by atoms with Gasteiger partial charge in [-0.15, -0.1) is 0 Å². The first-order valence-corrected chi connectivity index (χ1v) is 6.64. The molecule has 0 aromatic rings. The number of aliphatic carboxylic acids is 1. The van der Waals surface area contributed by atoms with E-state index in [9.17, 15) is 4.79 Å². The highest BCUT2D eigenvalue weighted by Gasteiger charge is 2.31. The van der Waals surface area contributed by atoms with Gasteiger partial charge >= 0.3 is 5.97 Å². The van der Waals surface area contributed by atoms with Gasteiger partial charge in [0, 0.05) is 5.75 Å². The molecule has 3 nitrogen and oxygen atoms in total. The summed E-state index contributed by atoms with van der Waals surface area (Å²) in [7, 11) is 0. The first-order chi connectivity index (χ1) is 6.92. The lowest BCUT2D eigenvalue weighted by molar-refractivity contribution is -0.143. The van der Waals surface area contributed by atoms with E-state index in [0.29, 0.717) is 11.7 Å². The van der Waals surface area contributed by atoms with Crippen LogP contribution in [0.5, 0.6) is 0 Å². The van der Waals surface area contributed by atoms with E-state index in [0.717, 1.165) is 18.7 Å². The number of carbonyl (C=O) groups is 1. The van der Waals surface area contributed by atoms with Gasteiger partial charge in [0.25, 0.3) is 0 Å². The van der Waals surface area contributed by atoms with Crippen LogP contribution in [-0.2, 0) is 4.79 Å². The van der Waals surface area contributed by atoms with Gasteiger partial charge in [-0.05, 0) is 31.6 Å². The molecule has 0 fully saturated rings. The summed E-state index contributed by atoms with van der Waals surface area (Å²) < 4.78 is 0. The maximum absolute atomic E-state index is 11.1. The summed E-state index contributed by atoms with van der Waals surface area (Å²) in [5, 5.41) is 12.2. The van der Waals surface area contributed by atoms with Crippen molar-refractivity contribution >= 4 is 17.7 Å². The summed E-state index contributed by atoms with van der Waals surface area (Å²) in [6, 6.07) is 0. The zero-order chi connectivity index (χ0) is 11.9. The second-order valence-electron chi connectivity index (χ2n) is 4.47. The third kappa shape index (κ3) is 6.05. The molecule has 1 atom stereocenters. The third-order valence-electron chi connectivity index (χ3n) is 2.08. The summed E-state index contributed by atoms with van der Waals surface area (Å²) >= 11 is 1.70. The van der Waals surface area contributed by atoms with Crippen molar-refractivity contribution in [2.24, 2.45) is 5.92 Å². The van der Waals surface area contributed by atoms with Gasteiger partial charge in [0.1, 0.15) is 5.54 Å². The summed E-state index contributed by atoms with van der Waals surface area (Å²) in [6.07, 6.45) is 0.956. The smallest absolute Gasteiger partial charge is 0.324 e. The normalized spacial score (nSPS) is 15.3. The largest absolute Gasteiger partial charge is 0.480 e. The molecule has 0 aromatic heterocycles. The summed E-state index contributed by atoms with van der Waals surface area (Å²) in [4.78, 5) is 11.1. The van der Waals surface area contributed by atoms with Crippen molar-refractivity contribution < 1.29 is 9.90 Å². The van der Waals surface area contributed by atoms with E-state index in [2.05, 4.69) is 19.2 Å². The second-order valence-corrected chi connectivity index (χ2v) is 5.50. The zero-order valence-electron chi connectivity index (χ0n) is 10.2. The Morgan fingerprint density at radius 3 is 2.53 bits per heavy atom. The lowest BCUT2D eigenvalue weighted by atomic mass is 10.1. The number of hydrogen-bond donors (Lipinski definition) is 2. The van der Waals surface area contributed by atoms with Crippen LogP contribution in [0.1, 0.15) is 34.1 Å². The fraction of sp³-hybridized carbons (Fsp3) is 0.909. The van der Waals surface area contributed by atoms with E-state index in [1.807, 2.05) is 6.92 Å². The molecule has 0 saturated heterocycles. The van der Waals surface area contributed by atoms with Gasteiger partial charge in [-0.3, -0.25) is 4.79 Å². The molecule has 0 aromatic carbocycles. The third-order valence-corrected chi connectivity index (χ3v) is 3.76. The van der Waals surface area contributed by atoms with Gasteiger partial charge in [-0.2, -0.15) is 11.8 Å². The van der Waals surface area contributed by atoms with Gasteiger partial charge in [-0.1, -0.05) is 20.8 Å². The van der Waals surface area contributed by atoms with Crippen molar-refractivity contribution in [1.82, 2.24) is 5.32 Å². The molecule has 0 aliphatic heterocycles. The maximum Gasteiger partial charge on any atom is 0.324 e. The monoisotopic (exact) mass is 233 g/mol. The van der Waals surface area contributed by atoms with Crippen LogP contribution >= 0.6 is 11.8 Å². The molecule has 0 spiro atoms. The Balaban J connectivity index is 4.07. The molecular formula is C11H23NO2S. The average Bonchev–Trinajstić information content (AvgIpc) is 2.14. The summed E-state index contributed by atoms with van der Waals surface area (Å²) in [5.74, 6) is 1.49. The number of rotatable bonds is 8. The van der Waals surface area contributed by atoms with Crippen molar-refractivity contribution in [2.75, 3.05) is 18.1 Å². The Hall–Kier alpha value is -0.220. The van der Waals surface area contributed by atoms with E-state index < -0.39 is 11.5 Å². The Morgan fingerprint density at radius 2 is 2.13 bits per heavy atom. The number of thioether (sulfide) groups is 1. The van der Waals surface area contributed by atoms with Gasteiger partial charge < -0.3 is 10.4 Å². The molecule has 1 unspecified atom stereocenters. The molecule has 15 heavy (non-hydrogen) atoms. The van der Waals surface area contributed by atoms with E-state index in [1.165, 1.54) is 0 Å². The minimum atomic E-state index is -0.782. The fourth-order valence-electron chi connectivity index (χ4n) is 1.09. The molecule has 0 amide bonds. The van der Waals surface area contributed by atoms with Crippen LogP contribution in [0.15, 0.2) is 0 Å². The van der Waals surface area contributed by atoms with Crippen LogP contribution in [0.25, 0.3) is 0 Å². The quantitative estimate of drug-likeness (QED) is 0.675. The first-order valence-electron chi connectivity index (χ1n) is 5.48. The first kappa shape index (κ1) is 14.8. The second kappa shape index (κ2) is 7.12.